The molecule has 2 aromatic heterocycles. The minimum Gasteiger partial charge on any atom is -0.305 e. The average Bonchev–Trinajstić information content (AvgIpc) is 2.60. The summed E-state index contributed by atoms with van der Waals surface area (Å²) in [4.78, 5) is 8.50. The van der Waals surface area contributed by atoms with Crippen LogP contribution in [0.1, 0.15) is 22.8 Å². The fourth-order valence-corrected chi connectivity index (χ4v) is 1.66. The molecular formula is C12H17N5. The molecule has 17 heavy (non-hydrogen) atoms. The van der Waals surface area contributed by atoms with Crippen molar-refractivity contribution in [2.24, 2.45) is 7.05 Å². The van der Waals surface area contributed by atoms with Crippen LogP contribution in [0.3, 0.4) is 0 Å². The van der Waals surface area contributed by atoms with Crippen LogP contribution in [0.4, 0.5) is 0 Å². The topological polar surface area (TPSA) is 55.6 Å². The van der Waals surface area contributed by atoms with Crippen LogP contribution < -0.4 is 5.32 Å². The average molecular weight is 231 g/mol. The van der Waals surface area contributed by atoms with Crippen molar-refractivity contribution in [2.75, 3.05) is 0 Å². The monoisotopic (exact) mass is 231 g/mol. The zero-order valence-corrected chi connectivity index (χ0v) is 10.4. The molecule has 0 saturated carbocycles. The van der Waals surface area contributed by atoms with Gasteiger partial charge in [-0.15, -0.1) is 0 Å². The van der Waals surface area contributed by atoms with Gasteiger partial charge < -0.3 is 5.32 Å². The molecule has 0 saturated heterocycles. The van der Waals surface area contributed by atoms with Crippen molar-refractivity contribution in [3.8, 4) is 0 Å². The van der Waals surface area contributed by atoms with Gasteiger partial charge in [-0.05, 0) is 19.9 Å². The summed E-state index contributed by atoms with van der Waals surface area (Å²) in [6, 6.07) is 2.08. The molecule has 0 spiro atoms. The molecule has 0 aliphatic carbocycles. The third kappa shape index (κ3) is 3.10. The van der Waals surface area contributed by atoms with E-state index in [1.54, 1.807) is 12.4 Å². The Labute approximate surface area is 101 Å². The number of hydrogen-bond acceptors (Lipinski definition) is 4. The summed E-state index contributed by atoms with van der Waals surface area (Å²) >= 11 is 0. The van der Waals surface area contributed by atoms with E-state index in [1.807, 2.05) is 25.6 Å². The van der Waals surface area contributed by atoms with E-state index < -0.39 is 0 Å². The first kappa shape index (κ1) is 11.7. The van der Waals surface area contributed by atoms with Crippen molar-refractivity contribution in [3.05, 3.63) is 41.2 Å². The van der Waals surface area contributed by atoms with Crippen LogP contribution in [0, 0.1) is 13.8 Å². The quantitative estimate of drug-likeness (QED) is 0.856. The van der Waals surface area contributed by atoms with Crippen LogP contribution in [0.5, 0.6) is 0 Å². The highest BCUT2D eigenvalue weighted by atomic mass is 15.3. The van der Waals surface area contributed by atoms with Crippen molar-refractivity contribution in [3.63, 3.8) is 0 Å². The van der Waals surface area contributed by atoms with Crippen LogP contribution in [0.25, 0.3) is 0 Å². The molecule has 1 N–H and O–H groups in total. The molecule has 0 atom stereocenters. The molecular weight excluding hydrogens is 214 g/mol. The lowest BCUT2D eigenvalue weighted by Gasteiger charge is -2.04. The zero-order valence-electron chi connectivity index (χ0n) is 10.4. The highest BCUT2D eigenvalue weighted by Gasteiger charge is 2.01. The normalized spacial score (nSPS) is 10.8. The molecule has 0 unspecified atom stereocenters. The highest BCUT2D eigenvalue weighted by molar-refractivity contribution is 5.08. The van der Waals surface area contributed by atoms with E-state index >= 15 is 0 Å². The van der Waals surface area contributed by atoms with E-state index in [2.05, 4.69) is 26.4 Å². The molecule has 0 aliphatic heterocycles. The van der Waals surface area contributed by atoms with Crippen molar-refractivity contribution in [1.29, 1.82) is 0 Å². The molecule has 90 valence electrons. The summed E-state index contributed by atoms with van der Waals surface area (Å²) in [5, 5.41) is 7.63. The van der Waals surface area contributed by atoms with E-state index in [0.29, 0.717) is 0 Å². The number of aromatic nitrogens is 4. The van der Waals surface area contributed by atoms with Gasteiger partial charge in [0.05, 0.1) is 22.8 Å². The number of rotatable bonds is 4. The maximum absolute atomic E-state index is 4.30. The van der Waals surface area contributed by atoms with Gasteiger partial charge in [0.25, 0.3) is 0 Å². The van der Waals surface area contributed by atoms with Gasteiger partial charge in [-0.3, -0.25) is 14.6 Å². The summed E-state index contributed by atoms with van der Waals surface area (Å²) in [5.74, 6) is 0. The van der Waals surface area contributed by atoms with Crippen molar-refractivity contribution in [1.82, 2.24) is 25.1 Å². The molecule has 2 rings (SSSR count). The molecule has 5 heteroatoms. The maximum Gasteiger partial charge on any atom is 0.0724 e. The third-order valence-electron chi connectivity index (χ3n) is 2.55. The van der Waals surface area contributed by atoms with E-state index in [1.165, 1.54) is 5.69 Å². The SMILES string of the molecule is Cc1cnc(CNCc2cc(C)nn2C)cn1. The van der Waals surface area contributed by atoms with Gasteiger partial charge in [-0.1, -0.05) is 0 Å². The van der Waals surface area contributed by atoms with Gasteiger partial charge in [0.2, 0.25) is 0 Å². The largest absolute Gasteiger partial charge is 0.305 e. The van der Waals surface area contributed by atoms with Gasteiger partial charge in [-0.2, -0.15) is 5.10 Å². The Hall–Kier alpha value is -1.75. The molecule has 2 heterocycles. The molecule has 0 fully saturated rings. The highest BCUT2D eigenvalue weighted by Crippen LogP contribution is 2.01. The third-order valence-corrected chi connectivity index (χ3v) is 2.55. The molecule has 0 aliphatic rings. The Bertz CT molecular complexity index is 486. The van der Waals surface area contributed by atoms with Crippen LogP contribution in [-0.4, -0.2) is 19.7 Å². The summed E-state index contributed by atoms with van der Waals surface area (Å²) in [7, 11) is 1.95. The van der Waals surface area contributed by atoms with Crippen LogP contribution in [-0.2, 0) is 20.1 Å². The smallest absolute Gasteiger partial charge is 0.0724 e. The van der Waals surface area contributed by atoms with E-state index in [0.717, 1.165) is 30.2 Å². The fourth-order valence-electron chi connectivity index (χ4n) is 1.66. The number of nitrogens with one attached hydrogen (secondary N) is 1. The Kier molecular flexibility index (Phi) is 3.49. The van der Waals surface area contributed by atoms with Crippen molar-refractivity contribution >= 4 is 0 Å². The van der Waals surface area contributed by atoms with Gasteiger partial charge in [0.15, 0.2) is 0 Å². The predicted octanol–water partition coefficient (Wildman–Crippen LogP) is 1.12. The zero-order chi connectivity index (χ0) is 12.3. The lowest BCUT2D eigenvalue weighted by Crippen LogP contribution is -2.16. The first-order chi connectivity index (χ1) is 8.15. The molecule has 5 nitrogen and oxygen atoms in total. The number of hydrogen-bond donors (Lipinski definition) is 1. The first-order valence-corrected chi connectivity index (χ1v) is 5.63. The number of nitrogens with zero attached hydrogens (tertiary/aromatic N) is 4. The number of aryl methyl sites for hydroxylation is 3. The van der Waals surface area contributed by atoms with Crippen LogP contribution >= 0.6 is 0 Å². The summed E-state index contributed by atoms with van der Waals surface area (Å²) in [6.45, 7) is 5.43. The minimum absolute atomic E-state index is 0.720. The minimum atomic E-state index is 0.720. The van der Waals surface area contributed by atoms with Gasteiger partial charge in [0, 0.05) is 32.5 Å². The predicted molar refractivity (Wildman–Crippen MR) is 65.3 cm³/mol. The second-order valence-electron chi connectivity index (χ2n) is 4.15. The van der Waals surface area contributed by atoms with Gasteiger partial charge >= 0.3 is 0 Å². The molecule has 0 amide bonds. The molecule has 0 bridgehead atoms. The second-order valence-corrected chi connectivity index (χ2v) is 4.15. The Morgan fingerprint density at radius 3 is 2.53 bits per heavy atom. The van der Waals surface area contributed by atoms with Crippen molar-refractivity contribution < 1.29 is 0 Å². The van der Waals surface area contributed by atoms with Gasteiger partial charge in [-0.25, -0.2) is 0 Å². The van der Waals surface area contributed by atoms with Crippen molar-refractivity contribution in [2.45, 2.75) is 26.9 Å². The maximum atomic E-state index is 4.30. The van der Waals surface area contributed by atoms with E-state index in [-0.39, 0.29) is 0 Å². The van der Waals surface area contributed by atoms with Crippen LogP contribution in [0.15, 0.2) is 18.5 Å². The Morgan fingerprint density at radius 1 is 1.12 bits per heavy atom. The van der Waals surface area contributed by atoms with E-state index in [4.69, 9.17) is 0 Å². The summed E-state index contributed by atoms with van der Waals surface area (Å²) < 4.78 is 1.89. The van der Waals surface area contributed by atoms with E-state index in [9.17, 15) is 0 Å². The van der Waals surface area contributed by atoms with Crippen LogP contribution in [0.2, 0.25) is 0 Å². The lowest BCUT2D eigenvalue weighted by molar-refractivity contribution is 0.617. The molecule has 0 aromatic carbocycles. The lowest BCUT2D eigenvalue weighted by atomic mass is 10.3. The fraction of sp³-hybridized carbons (Fsp3) is 0.417. The first-order valence-electron chi connectivity index (χ1n) is 5.63. The molecule has 2 aromatic rings. The summed E-state index contributed by atoms with van der Waals surface area (Å²) in [5.41, 5.74) is 4.10. The Balaban J connectivity index is 1.87. The van der Waals surface area contributed by atoms with Gasteiger partial charge in [0.1, 0.15) is 0 Å². The summed E-state index contributed by atoms with van der Waals surface area (Å²) in [6.07, 6.45) is 3.59. The molecule has 0 radical (unpaired) electrons. The standard InChI is InChI=1S/C12H17N5/c1-9-4-12(17(3)16-9)8-13-6-11-7-14-10(2)5-15-11/h4-5,7,13H,6,8H2,1-3H3. The second kappa shape index (κ2) is 5.05. The Morgan fingerprint density at radius 2 is 1.94 bits per heavy atom.